The highest BCUT2D eigenvalue weighted by molar-refractivity contribution is 7.94. The fraction of sp³-hybridized carbons (Fsp3) is 0.441. The smallest absolute Gasteiger partial charge is 0.237 e. The average Bonchev–Trinajstić information content (AvgIpc) is 3.29. The Morgan fingerprint density at radius 2 is 1.58 bits per heavy atom. The fourth-order valence-corrected chi connectivity index (χ4v) is 5.78. The molecule has 230 valence electrons. The van der Waals surface area contributed by atoms with Gasteiger partial charge in [0, 0.05) is 24.0 Å². The summed E-state index contributed by atoms with van der Waals surface area (Å²) in [6, 6.07) is 14.2. The zero-order valence-corrected chi connectivity index (χ0v) is 27.4. The highest BCUT2D eigenvalue weighted by Gasteiger charge is 2.29. The molecule has 0 aliphatic heterocycles. The number of sulfonamides is 1. The number of carbonyl (C=O) groups excluding carboxylic acids is 1. The molecule has 0 saturated heterocycles. The first kappa shape index (κ1) is 32.2. The van der Waals surface area contributed by atoms with E-state index in [1.165, 1.54) is 5.56 Å². The molecule has 8 nitrogen and oxygen atoms in total. The van der Waals surface area contributed by atoms with Crippen molar-refractivity contribution in [3.8, 4) is 11.1 Å². The first-order valence-corrected chi connectivity index (χ1v) is 16.8. The Bertz CT molecular complexity index is 1700. The SMILES string of the molecule is CCCC(=O)Nc1cnc2c(nc(CCC)n2Cc2ccc(-c3cc(CCC)ccc3NS(=O)(=O)C(C)(C)C)cc2)c1C. The van der Waals surface area contributed by atoms with Crippen LogP contribution in [-0.4, -0.2) is 33.6 Å². The van der Waals surface area contributed by atoms with Gasteiger partial charge in [-0.1, -0.05) is 57.5 Å². The van der Waals surface area contributed by atoms with Crippen LogP contribution in [0, 0.1) is 6.92 Å². The molecule has 0 spiro atoms. The van der Waals surface area contributed by atoms with Crippen LogP contribution in [0.25, 0.3) is 22.3 Å². The van der Waals surface area contributed by atoms with Gasteiger partial charge in [0.25, 0.3) is 0 Å². The molecule has 0 fully saturated rings. The minimum absolute atomic E-state index is 0.0188. The molecule has 2 aromatic heterocycles. The van der Waals surface area contributed by atoms with Gasteiger partial charge in [-0.15, -0.1) is 0 Å². The Kier molecular flexibility index (Phi) is 9.95. The maximum absolute atomic E-state index is 13.0. The molecular formula is C34H45N5O3S. The molecule has 43 heavy (non-hydrogen) atoms. The van der Waals surface area contributed by atoms with Crippen molar-refractivity contribution in [2.75, 3.05) is 10.0 Å². The van der Waals surface area contributed by atoms with E-state index in [1.807, 2.05) is 38.1 Å². The first-order chi connectivity index (χ1) is 20.4. The highest BCUT2D eigenvalue weighted by Crippen LogP contribution is 2.33. The van der Waals surface area contributed by atoms with Gasteiger partial charge >= 0.3 is 0 Å². The number of benzene rings is 2. The van der Waals surface area contributed by atoms with Crippen molar-refractivity contribution in [3.05, 3.63) is 71.2 Å². The number of carbonyl (C=O) groups is 1. The van der Waals surface area contributed by atoms with Crippen molar-refractivity contribution >= 4 is 38.5 Å². The Morgan fingerprint density at radius 3 is 2.21 bits per heavy atom. The number of aromatic nitrogens is 3. The summed E-state index contributed by atoms with van der Waals surface area (Å²) in [5.41, 5.74) is 7.85. The number of hydrogen-bond donors (Lipinski definition) is 2. The van der Waals surface area contributed by atoms with Gasteiger partial charge in [-0.3, -0.25) is 9.52 Å². The van der Waals surface area contributed by atoms with Crippen LogP contribution >= 0.6 is 0 Å². The zero-order chi connectivity index (χ0) is 31.4. The van der Waals surface area contributed by atoms with Gasteiger partial charge in [0.15, 0.2) is 5.65 Å². The molecule has 2 aromatic carbocycles. The van der Waals surface area contributed by atoms with E-state index < -0.39 is 14.8 Å². The largest absolute Gasteiger partial charge is 0.324 e. The van der Waals surface area contributed by atoms with Gasteiger partial charge in [0.05, 0.1) is 28.9 Å². The number of fused-ring (bicyclic) bond motifs is 1. The third-order valence-electron chi connectivity index (χ3n) is 7.60. The quantitative estimate of drug-likeness (QED) is 0.173. The lowest BCUT2D eigenvalue weighted by Crippen LogP contribution is -2.33. The zero-order valence-electron chi connectivity index (χ0n) is 26.5. The second-order valence-electron chi connectivity index (χ2n) is 12.2. The molecule has 0 radical (unpaired) electrons. The molecular weight excluding hydrogens is 558 g/mol. The third-order valence-corrected chi connectivity index (χ3v) is 9.70. The van der Waals surface area contributed by atoms with Gasteiger partial charge in [-0.05, 0) is 75.8 Å². The summed E-state index contributed by atoms with van der Waals surface area (Å²) < 4.78 is 30.1. The summed E-state index contributed by atoms with van der Waals surface area (Å²) in [6.07, 6.45) is 6.66. The summed E-state index contributed by atoms with van der Waals surface area (Å²) in [5.74, 6) is 0.940. The second-order valence-corrected chi connectivity index (χ2v) is 14.6. The van der Waals surface area contributed by atoms with Gasteiger partial charge in [-0.2, -0.15) is 0 Å². The van der Waals surface area contributed by atoms with Crippen LogP contribution in [-0.2, 0) is 34.2 Å². The average molecular weight is 604 g/mol. The lowest BCUT2D eigenvalue weighted by atomic mass is 9.98. The molecule has 0 atom stereocenters. The molecule has 0 unspecified atom stereocenters. The molecule has 0 aliphatic rings. The Morgan fingerprint density at radius 1 is 0.907 bits per heavy atom. The Balaban J connectivity index is 1.69. The number of nitrogens with one attached hydrogen (secondary N) is 2. The van der Waals surface area contributed by atoms with Crippen molar-refractivity contribution in [1.29, 1.82) is 0 Å². The van der Waals surface area contributed by atoms with Gasteiger partial charge in [0.1, 0.15) is 11.3 Å². The van der Waals surface area contributed by atoms with E-state index in [2.05, 4.69) is 46.7 Å². The van der Waals surface area contributed by atoms with E-state index in [-0.39, 0.29) is 5.91 Å². The summed E-state index contributed by atoms with van der Waals surface area (Å²) in [7, 11) is -3.59. The minimum Gasteiger partial charge on any atom is -0.324 e. The molecule has 2 heterocycles. The maximum Gasteiger partial charge on any atom is 0.237 e. The molecule has 2 N–H and O–H groups in total. The van der Waals surface area contributed by atoms with Crippen LogP contribution in [0.4, 0.5) is 11.4 Å². The fourth-order valence-electron chi connectivity index (χ4n) is 5.00. The minimum atomic E-state index is -3.59. The molecule has 9 heteroatoms. The van der Waals surface area contributed by atoms with Crippen LogP contribution in [0.2, 0.25) is 0 Å². The molecule has 4 aromatic rings. The maximum atomic E-state index is 13.0. The number of pyridine rings is 1. The van der Waals surface area contributed by atoms with Crippen LogP contribution in [0.5, 0.6) is 0 Å². The topological polar surface area (TPSA) is 106 Å². The predicted molar refractivity (Wildman–Crippen MR) is 177 cm³/mol. The van der Waals surface area contributed by atoms with Gasteiger partial charge in [-0.25, -0.2) is 18.4 Å². The first-order valence-electron chi connectivity index (χ1n) is 15.3. The number of rotatable bonds is 12. The molecule has 1 amide bonds. The second kappa shape index (κ2) is 13.3. The molecule has 0 aliphatic carbocycles. The highest BCUT2D eigenvalue weighted by atomic mass is 32.2. The van der Waals surface area contributed by atoms with Crippen LogP contribution < -0.4 is 10.0 Å². The van der Waals surface area contributed by atoms with Crippen LogP contribution in [0.15, 0.2) is 48.7 Å². The van der Waals surface area contributed by atoms with Crippen LogP contribution in [0.3, 0.4) is 0 Å². The van der Waals surface area contributed by atoms with E-state index in [4.69, 9.17) is 9.97 Å². The van der Waals surface area contributed by atoms with Gasteiger partial charge < -0.3 is 9.88 Å². The van der Waals surface area contributed by atoms with Crippen LogP contribution in [0.1, 0.15) is 89.7 Å². The van der Waals surface area contributed by atoms with E-state index >= 15 is 0 Å². The van der Waals surface area contributed by atoms with E-state index in [0.29, 0.717) is 24.3 Å². The number of anilines is 2. The van der Waals surface area contributed by atoms with Crippen molar-refractivity contribution in [2.24, 2.45) is 0 Å². The lowest BCUT2D eigenvalue weighted by Gasteiger charge is -2.22. The van der Waals surface area contributed by atoms with Crippen molar-refractivity contribution in [3.63, 3.8) is 0 Å². The number of imidazole rings is 1. The van der Waals surface area contributed by atoms with E-state index in [9.17, 15) is 13.2 Å². The molecule has 4 rings (SSSR count). The number of nitrogens with zero attached hydrogens (tertiary/aromatic N) is 3. The van der Waals surface area contributed by atoms with E-state index in [0.717, 1.165) is 71.3 Å². The van der Waals surface area contributed by atoms with Crippen molar-refractivity contribution in [1.82, 2.24) is 14.5 Å². The molecule has 0 bridgehead atoms. The molecule has 0 saturated carbocycles. The summed E-state index contributed by atoms with van der Waals surface area (Å²) in [5, 5.41) is 2.98. The van der Waals surface area contributed by atoms with Crippen molar-refractivity contribution < 1.29 is 13.2 Å². The summed E-state index contributed by atoms with van der Waals surface area (Å²) in [4.78, 5) is 21.9. The van der Waals surface area contributed by atoms with Crippen molar-refractivity contribution in [2.45, 2.75) is 98.3 Å². The monoisotopic (exact) mass is 603 g/mol. The third kappa shape index (κ3) is 7.26. The van der Waals surface area contributed by atoms with E-state index in [1.54, 1.807) is 27.0 Å². The predicted octanol–water partition coefficient (Wildman–Crippen LogP) is 7.64. The number of aryl methyl sites for hydroxylation is 3. The Hall–Kier alpha value is -3.72. The number of amides is 1. The summed E-state index contributed by atoms with van der Waals surface area (Å²) in [6.45, 7) is 13.9. The lowest BCUT2D eigenvalue weighted by molar-refractivity contribution is -0.116. The normalized spacial score (nSPS) is 12.1. The Labute approximate surface area is 256 Å². The number of hydrogen-bond acceptors (Lipinski definition) is 5. The van der Waals surface area contributed by atoms with Gasteiger partial charge in [0.2, 0.25) is 15.9 Å². The summed E-state index contributed by atoms with van der Waals surface area (Å²) >= 11 is 0. The standard InChI is InChI=1S/C34H45N5O3S/c1-8-11-24-16-19-28(38-43(41,42)34(5,6)7)27(20-24)26-17-14-25(15-18-26)22-39-30(12-9-2)37-32-23(4)29(21-35-33(32)39)36-31(40)13-10-3/h14-21,38H,8-13,22H2,1-7H3,(H,36,40).